The number of carbonyl (C=O) groups excluding carboxylic acids is 1. The third-order valence-corrected chi connectivity index (χ3v) is 5.66. The maximum Gasteiger partial charge on any atom is 0.416 e. The van der Waals surface area contributed by atoms with Gasteiger partial charge in [-0.2, -0.15) is 23.4 Å². The summed E-state index contributed by atoms with van der Waals surface area (Å²) in [6.45, 7) is 7.28. The molecule has 0 amide bonds. The smallest absolute Gasteiger partial charge is 0.416 e. The van der Waals surface area contributed by atoms with Gasteiger partial charge in [-0.1, -0.05) is 12.1 Å². The number of nitrogens with zero attached hydrogens (tertiary/aromatic N) is 6. The van der Waals surface area contributed by atoms with Gasteiger partial charge in [-0.25, -0.2) is 19.4 Å². The van der Waals surface area contributed by atoms with Gasteiger partial charge in [0.2, 0.25) is 0 Å². The van der Waals surface area contributed by atoms with Crippen LogP contribution in [0.3, 0.4) is 0 Å². The Morgan fingerprint density at radius 2 is 1.78 bits per heavy atom. The number of benzene rings is 1. The monoisotopic (exact) mass is 499 g/mol. The Kier molecular flexibility index (Phi) is 6.53. The lowest BCUT2D eigenvalue weighted by atomic mass is 10.1. The first-order valence-electron chi connectivity index (χ1n) is 11.0. The highest BCUT2D eigenvalue weighted by atomic mass is 19.4. The van der Waals surface area contributed by atoms with E-state index in [9.17, 15) is 18.0 Å². The lowest BCUT2D eigenvalue weighted by molar-refractivity contribution is -0.137. The fourth-order valence-corrected chi connectivity index (χ4v) is 3.91. The minimum atomic E-state index is -4.41. The van der Waals surface area contributed by atoms with Gasteiger partial charge in [0.15, 0.2) is 5.82 Å². The van der Waals surface area contributed by atoms with Crippen LogP contribution < -0.4 is 5.32 Å². The number of nitrogens with one attached hydrogen (secondary N) is 1. The largest absolute Gasteiger partial charge is 0.462 e. The Hall–Kier alpha value is -4.22. The maximum absolute atomic E-state index is 12.9. The average Bonchev–Trinajstić information content (AvgIpc) is 3.28. The van der Waals surface area contributed by atoms with E-state index < -0.39 is 17.7 Å². The second-order valence-corrected chi connectivity index (χ2v) is 8.09. The summed E-state index contributed by atoms with van der Waals surface area (Å²) >= 11 is 0. The van der Waals surface area contributed by atoms with Crippen molar-refractivity contribution in [3.63, 3.8) is 0 Å². The molecule has 3 aromatic heterocycles. The summed E-state index contributed by atoms with van der Waals surface area (Å²) in [5.74, 6) is 1.03. The fraction of sp³-hybridized carbons (Fsp3) is 0.292. The zero-order valence-corrected chi connectivity index (χ0v) is 20.3. The Balaban J connectivity index is 1.64. The van der Waals surface area contributed by atoms with Crippen molar-refractivity contribution < 1.29 is 22.7 Å². The van der Waals surface area contributed by atoms with Crippen molar-refractivity contribution in [1.82, 2.24) is 29.5 Å². The molecule has 0 saturated heterocycles. The number of anilines is 2. The topological polar surface area (TPSA) is 99.8 Å². The Labute approximate surface area is 204 Å². The number of esters is 1. The van der Waals surface area contributed by atoms with Crippen molar-refractivity contribution >= 4 is 17.6 Å². The van der Waals surface area contributed by atoms with Gasteiger partial charge in [-0.3, -0.25) is 4.68 Å². The SMILES string of the molecule is CCOC(=O)c1c(C)nn(-c2cc(Nc3c(C)c(-c4ccc(C(F)(F)F)cc4)nn3C)ncn2)c1C. The van der Waals surface area contributed by atoms with Crippen LogP contribution in [0.5, 0.6) is 0 Å². The average molecular weight is 499 g/mol. The van der Waals surface area contributed by atoms with Gasteiger partial charge in [0.1, 0.15) is 23.5 Å². The highest BCUT2D eigenvalue weighted by Gasteiger charge is 2.30. The molecular weight excluding hydrogens is 475 g/mol. The molecule has 4 aromatic rings. The van der Waals surface area contributed by atoms with Crippen LogP contribution in [-0.2, 0) is 18.0 Å². The highest BCUT2D eigenvalue weighted by Crippen LogP contribution is 2.33. The first kappa shape index (κ1) is 24.9. The summed E-state index contributed by atoms with van der Waals surface area (Å²) in [5, 5.41) is 12.1. The Bertz CT molecular complexity index is 1420. The van der Waals surface area contributed by atoms with Crippen molar-refractivity contribution in [1.29, 1.82) is 0 Å². The summed E-state index contributed by atoms with van der Waals surface area (Å²) in [7, 11) is 1.72. The molecule has 188 valence electrons. The van der Waals surface area contributed by atoms with E-state index in [-0.39, 0.29) is 6.61 Å². The van der Waals surface area contributed by atoms with E-state index >= 15 is 0 Å². The molecular formula is C24H24F3N7O2. The van der Waals surface area contributed by atoms with Crippen molar-refractivity contribution in [3.05, 3.63) is 64.7 Å². The molecule has 0 radical (unpaired) electrons. The molecule has 0 aliphatic carbocycles. The molecule has 1 N–H and O–H groups in total. The summed E-state index contributed by atoms with van der Waals surface area (Å²) in [5.41, 5.74) is 2.59. The van der Waals surface area contributed by atoms with Crippen LogP contribution in [0.2, 0.25) is 0 Å². The zero-order valence-electron chi connectivity index (χ0n) is 20.3. The normalized spacial score (nSPS) is 11.6. The zero-order chi connectivity index (χ0) is 26.2. The number of hydrogen-bond donors (Lipinski definition) is 1. The minimum Gasteiger partial charge on any atom is -0.462 e. The number of rotatable bonds is 6. The number of aromatic nitrogens is 6. The molecule has 4 rings (SSSR count). The molecule has 0 aliphatic heterocycles. The second-order valence-electron chi connectivity index (χ2n) is 8.09. The van der Waals surface area contributed by atoms with Crippen molar-refractivity contribution in [3.8, 4) is 17.1 Å². The summed E-state index contributed by atoms with van der Waals surface area (Å²) < 4.78 is 47.0. The van der Waals surface area contributed by atoms with Gasteiger partial charge in [0.05, 0.1) is 29.3 Å². The number of alkyl halides is 3. The summed E-state index contributed by atoms with van der Waals surface area (Å²) in [4.78, 5) is 20.9. The quantitative estimate of drug-likeness (QED) is 0.376. The maximum atomic E-state index is 12.9. The van der Waals surface area contributed by atoms with Gasteiger partial charge in [0.25, 0.3) is 0 Å². The lowest BCUT2D eigenvalue weighted by Gasteiger charge is -2.09. The molecule has 0 unspecified atom stereocenters. The predicted molar refractivity (Wildman–Crippen MR) is 126 cm³/mol. The van der Waals surface area contributed by atoms with Gasteiger partial charge in [0, 0.05) is 24.2 Å². The van der Waals surface area contributed by atoms with Crippen LogP contribution in [0.4, 0.5) is 24.8 Å². The van der Waals surface area contributed by atoms with E-state index in [1.54, 1.807) is 38.6 Å². The summed E-state index contributed by atoms with van der Waals surface area (Å²) in [6.07, 6.45) is -3.04. The Morgan fingerprint density at radius 3 is 2.42 bits per heavy atom. The number of hydrogen-bond acceptors (Lipinski definition) is 7. The minimum absolute atomic E-state index is 0.253. The molecule has 0 saturated carbocycles. The van der Waals surface area contributed by atoms with Crippen LogP contribution in [0.15, 0.2) is 36.7 Å². The molecule has 0 atom stereocenters. The van der Waals surface area contributed by atoms with E-state index in [1.165, 1.54) is 23.1 Å². The lowest BCUT2D eigenvalue weighted by Crippen LogP contribution is -2.09. The molecule has 0 fully saturated rings. The molecule has 0 bridgehead atoms. The van der Waals surface area contributed by atoms with Crippen LogP contribution in [0.1, 0.15) is 39.8 Å². The molecule has 0 aliphatic rings. The first-order chi connectivity index (χ1) is 17.0. The fourth-order valence-electron chi connectivity index (χ4n) is 3.91. The predicted octanol–water partition coefficient (Wildman–Crippen LogP) is 4.93. The van der Waals surface area contributed by atoms with E-state index in [4.69, 9.17) is 4.74 Å². The van der Waals surface area contributed by atoms with E-state index in [1.807, 2.05) is 6.92 Å². The van der Waals surface area contributed by atoms with E-state index in [0.29, 0.717) is 45.7 Å². The standard InChI is InChI=1S/C24H24F3N7O2/c1-6-36-23(35)20-14(3)31-34(15(20)4)19-11-18(28-12-29-19)30-22-13(2)21(32-33(22)5)16-7-9-17(10-8-16)24(25,26)27/h7-12H,6H2,1-5H3,(H,28,29,30). The number of carbonyl (C=O) groups is 1. The van der Waals surface area contributed by atoms with Gasteiger partial charge in [-0.05, 0) is 39.8 Å². The van der Waals surface area contributed by atoms with Crippen LogP contribution >= 0.6 is 0 Å². The molecule has 1 aromatic carbocycles. The highest BCUT2D eigenvalue weighted by molar-refractivity contribution is 5.92. The van der Waals surface area contributed by atoms with Gasteiger partial charge >= 0.3 is 12.1 Å². The van der Waals surface area contributed by atoms with Crippen molar-refractivity contribution in [2.75, 3.05) is 11.9 Å². The molecule has 9 nitrogen and oxygen atoms in total. The number of halogens is 3. The first-order valence-corrected chi connectivity index (χ1v) is 11.0. The van der Waals surface area contributed by atoms with Crippen LogP contribution in [0, 0.1) is 20.8 Å². The van der Waals surface area contributed by atoms with Crippen LogP contribution in [0.25, 0.3) is 17.1 Å². The van der Waals surface area contributed by atoms with Crippen molar-refractivity contribution in [2.24, 2.45) is 7.05 Å². The third kappa shape index (κ3) is 4.66. The van der Waals surface area contributed by atoms with E-state index in [0.717, 1.165) is 17.7 Å². The Morgan fingerprint density at radius 1 is 1.08 bits per heavy atom. The third-order valence-electron chi connectivity index (χ3n) is 5.66. The van der Waals surface area contributed by atoms with Gasteiger partial charge < -0.3 is 10.1 Å². The molecule has 36 heavy (non-hydrogen) atoms. The van der Waals surface area contributed by atoms with Crippen LogP contribution in [-0.4, -0.2) is 42.1 Å². The number of aryl methyl sites for hydroxylation is 2. The van der Waals surface area contributed by atoms with Gasteiger partial charge in [-0.15, -0.1) is 0 Å². The summed E-state index contributed by atoms with van der Waals surface area (Å²) in [6, 6.07) is 6.53. The molecule has 3 heterocycles. The van der Waals surface area contributed by atoms with E-state index in [2.05, 4.69) is 25.5 Å². The number of ether oxygens (including phenoxy) is 1. The molecule has 0 spiro atoms. The second kappa shape index (κ2) is 9.44. The molecule has 12 heteroatoms. The van der Waals surface area contributed by atoms with Crippen molar-refractivity contribution in [2.45, 2.75) is 33.9 Å².